The minimum atomic E-state index is -0.362. The van der Waals surface area contributed by atoms with Gasteiger partial charge in [-0.05, 0) is 42.8 Å². The molecule has 0 radical (unpaired) electrons. The minimum absolute atomic E-state index is 0.173. The Hall–Kier alpha value is -2.73. The van der Waals surface area contributed by atoms with E-state index in [-0.39, 0.29) is 11.9 Å². The summed E-state index contributed by atoms with van der Waals surface area (Å²) < 4.78 is 5.56. The molecular formula is C18H20ClN3O3. The normalized spacial score (nSPS) is 10.0. The maximum absolute atomic E-state index is 11.9. The van der Waals surface area contributed by atoms with Crippen molar-refractivity contribution < 1.29 is 14.3 Å². The second-order valence-electron chi connectivity index (χ2n) is 5.43. The molecule has 0 heterocycles. The topological polar surface area (TPSA) is 79.5 Å². The Bertz CT molecular complexity index is 765. The average Bonchev–Trinajstić information content (AvgIpc) is 2.54. The lowest BCUT2D eigenvalue weighted by Crippen LogP contribution is -2.32. The van der Waals surface area contributed by atoms with Gasteiger partial charge < -0.3 is 20.7 Å². The van der Waals surface area contributed by atoms with Gasteiger partial charge in [-0.15, -0.1) is 0 Å². The zero-order valence-electron chi connectivity index (χ0n) is 14.1. The number of halogens is 1. The third-order valence-electron chi connectivity index (χ3n) is 3.17. The van der Waals surface area contributed by atoms with E-state index in [1.807, 2.05) is 19.1 Å². The number of hydrogen-bond acceptors (Lipinski definition) is 3. The summed E-state index contributed by atoms with van der Waals surface area (Å²) in [4.78, 5) is 22.9. The van der Waals surface area contributed by atoms with E-state index in [1.165, 1.54) is 6.92 Å². The summed E-state index contributed by atoms with van der Waals surface area (Å²) in [6, 6.07) is 12.0. The Morgan fingerprint density at radius 2 is 1.80 bits per heavy atom. The van der Waals surface area contributed by atoms with Crippen LogP contribution in [0.2, 0.25) is 5.02 Å². The monoisotopic (exact) mass is 361 g/mol. The molecule has 0 aromatic heterocycles. The number of benzene rings is 2. The van der Waals surface area contributed by atoms with Gasteiger partial charge in [-0.1, -0.05) is 23.7 Å². The number of rotatable bonds is 6. The highest BCUT2D eigenvalue weighted by Crippen LogP contribution is 2.24. The fraction of sp³-hybridized carbons (Fsp3) is 0.222. The van der Waals surface area contributed by atoms with E-state index in [0.717, 1.165) is 5.56 Å². The SMILES string of the molecule is CC(=O)Nc1cccc(NC(=O)NCCOc2cc(C)ccc2Cl)c1. The largest absolute Gasteiger partial charge is 0.490 e. The maximum Gasteiger partial charge on any atom is 0.319 e. The van der Waals surface area contributed by atoms with Crippen molar-refractivity contribution in [3.05, 3.63) is 53.1 Å². The minimum Gasteiger partial charge on any atom is -0.490 e. The van der Waals surface area contributed by atoms with Crippen LogP contribution in [0.25, 0.3) is 0 Å². The number of urea groups is 1. The summed E-state index contributed by atoms with van der Waals surface area (Å²) >= 11 is 6.04. The number of anilines is 2. The highest BCUT2D eigenvalue weighted by Gasteiger charge is 2.04. The molecule has 0 atom stereocenters. The van der Waals surface area contributed by atoms with Crippen LogP contribution in [-0.2, 0) is 4.79 Å². The Morgan fingerprint density at radius 1 is 1.08 bits per heavy atom. The first kappa shape index (κ1) is 18.6. The highest BCUT2D eigenvalue weighted by molar-refractivity contribution is 6.32. The quantitative estimate of drug-likeness (QED) is 0.684. The fourth-order valence-corrected chi connectivity index (χ4v) is 2.27. The van der Waals surface area contributed by atoms with Crippen molar-refractivity contribution >= 4 is 34.9 Å². The third-order valence-corrected chi connectivity index (χ3v) is 3.48. The van der Waals surface area contributed by atoms with Gasteiger partial charge in [0.05, 0.1) is 11.6 Å². The van der Waals surface area contributed by atoms with Gasteiger partial charge in [0.2, 0.25) is 5.91 Å². The lowest BCUT2D eigenvalue weighted by Gasteiger charge is -2.11. The van der Waals surface area contributed by atoms with E-state index < -0.39 is 0 Å². The molecule has 6 nitrogen and oxygen atoms in total. The molecule has 25 heavy (non-hydrogen) atoms. The lowest BCUT2D eigenvalue weighted by atomic mass is 10.2. The average molecular weight is 362 g/mol. The standard InChI is InChI=1S/C18H20ClN3O3/c1-12-6-7-16(19)17(10-12)25-9-8-20-18(24)22-15-5-3-4-14(11-15)21-13(2)23/h3-7,10-11H,8-9H2,1-2H3,(H,21,23)(H2,20,22,24). The molecule has 0 unspecified atom stereocenters. The number of ether oxygens (including phenoxy) is 1. The predicted molar refractivity (Wildman–Crippen MR) is 99.5 cm³/mol. The van der Waals surface area contributed by atoms with Crippen molar-refractivity contribution in [1.29, 1.82) is 0 Å². The Kier molecular flexibility index (Phi) is 6.65. The van der Waals surface area contributed by atoms with Crippen LogP contribution < -0.4 is 20.7 Å². The van der Waals surface area contributed by atoms with Crippen molar-refractivity contribution in [2.24, 2.45) is 0 Å². The third kappa shape index (κ3) is 6.35. The van der Waals surface area contributed by atoms with Gasteiger partial charge in [0, 0.05) is 18.3 Å². The first-order valence-corrected chi connectivity index (χ1v) is 8.13. The first-order valence-electron chi connectivity index (χ1n) is 7.75. The summed E-state index contributed by atoms with van der Waals surface area (Å²) in [6.07, 6.45) is 0. The van der Waals surface area contributed by atoms with Gasteiger partial charge in [-0.3, -0.25) is 4.79 Å². The number of aryl methyl sites for hydroxylation is 1. The molecule has 0 aliphatic carbocycles. The molecular weight excluding hydrogens is 342 g/mol. The maximum atomic E-state index is 11.9. The first-order chi connectivity index (χ1) is 11.9. The van der Waals surface area contributed by atoms with E-state index in [4.69, 9.17) is 16.3 Å². The van der Waals surface area contributed by atoms with E-state index >= 15 is 0 Å². The van der Waals surface area contributed by atoms with Crippen LogP contribution in [0.15, 0.2) is 42.5 Å². The zero-order valence-corrected chi connectivity index (χ0v) is 14.8. The van der Waals surface area contributed by atoms with Crippen molar-refractivity contribution in [1.82, 2.24) is 5.32 Å². The van der Waals surface area contributed by atoms with Crippen LogP contribution in [0.1, 0.15) is 12.5 Å². The van der Waals surface area contributed by atoms with Gasteiger partial charge in [-0.2, -0.15) is 0 Å². The zero-order chi connectivity index (χ0) is 18.2. The Labute approximate surface area is 151 Å². The van der Waals surface area contributed by atoms with Gasteiger partial charge in [0.15, 0.2) is 0 Å². The van der Waals surface area contributed by atoms with Gasteiger partial charge >= 0.3 is 6.03 Å². The second-order valence-corrected chi connectivity index (χ2v) is 5.83. The molecule has 0 bridgehead atoms. The summed E-state index contributed by atoms with van der Waals surface area (Å²) in [6.45, 7) is 3.99. The van der Waals surface area contributed by atoms with Crippen LogP contribution >= 0.6 is 11.6 Å². The number of carbonyl (C=O) groups is 2. The Morgan fingerprint density at radius 3 is 2.52 bits per heavy atom. The van der Waals surface area contributed by atoms with Crippen molar-refractivity contribution in [3.63, 3.8) is 0 Å². The molecule has 2 rings (SSSR count). The molecule has 132 valence electrons. The van der Waals surface area contributed by atoms with Crippen LogP contribution in [0, 0.1) is 6.92 Å². The molecule has 3 N–H and O–H groups in total. The van der Waals surface area contributed by atoms with E-state index in [1.54, 1.807) is 30.3 Å². The van der Waals surface area contributed by atoms with E-state index in [2.05, 4.69) is 16.0 Å². The molecule has 0 aliphatic heterocycles. The Balaban J connectivity index is 1.77. The summed E-state index contributed by atoms with van der Waals surface area (Å²) in [5, 5.41) is 8.57. The number of carbonyl (C=O) groups excluding carboxylic acids is 2. The van der Waals surface area contributed by atoms with Crippen LogP contribution in [0.4, 0.5) is 16.2 Å². The molecule has 0 saturated heterocycles. The number of nitrogens with one attached hydrogen (secondary N) is 3. The molecule has 2 aromatic rings. The van der Waals surface area contributed by atoms with Crippen molar-refractivity contribution in [3.8, 4) is 5.75 Å². The molecule has 0 spiro atoms. The van der Waals surface area contributed by atoms with Gasteiger partial charge in [0.1, 0.15) is 12.4 Å². The van der Waals surface area contributed by atoms with Crippen LogP contribution in [0.5, 0.6) is 5.75 Å². The van der Waals surface area contributed by atoms with E-state index in [9.17, 15) is 9.59 Å². The highest BCUT2D eigenvalue weighted by atomic mass is 35.5. The smallest absolute Gasteiger partial charge is 0.319 e. The van der Waals surface area contributed by atoms with Crippen LogP contribution in [-0.4, -0.2) is 25.1 Å². The van der Waals surface area contributed by atoms with Crippen molar-refractivity contribution in [2.45, 2.75) is 13.8 Å². The molecule has 3 amide bonds. The van der Waals surface area contributed by atoms with Crippen LogP contribution in [0.3, 0.4) is 0 Å². The van der Waals surface area contributed by atoms with Crippen molar-refractivity contribution in [2.75, 3.05) is 23.8 Å². The fourth-order valence-electron chi connectivity index (χ4n) is 2.10. The predicted octanol–water partition coefficient (Wildman–Crippen LogP) is 3.81. The molecule has 0 aliphatic rings. The molecule has 0 fully saturated rings. The van der Waals surface area contributed by atoms with Gasteiger partial charge in [0.25, 0.3) is 0 Å². The summed E-state index contributed by atoms with van der Waals surface area (Å²) in [5.74, 6) is 0.417. The molecule has 7 heteroatoms. The lowest BCUT2D eigenvalue weighted by molar-refractivity contribution is -0.114. The van der Waals surface area contributed by atoms with E-state index in [0.29, 0.717) is 35.3 Å². The molecule has 2 aromatic carbocycles. The second kappa shape index (κ2) is 8.94. The number of hydrogen-bond donors (Lipinski definition) is 3. The number of amides is 3. The molecule has 0 saturated carbocycles. The summed E-state index contributed by atoms with van der Waals surface area (Å²) in [5.41, 5.74) is 2.23. The van der Waals surface area contributed by atoms with Gasteiger partial charge in [-0.25, -0.2) is 4.79 Å². The summed E-state index contributed by atoms with van der Waals surface area (Å²) in [7, 11) is 0.